The molecule has 0 saturated heterocycles. The lowest BCUT2D eigenvalue weighted by Crippen LogP contribution is -2.45. The first kappa shape index (κ1) is 73.4. The maximum Gasteiger partial charge on any atom is 0.326 e. The molecule has 3 atom stereocenters. The number of carboxylic acids is 2. The summed E-state index contributed by atoms with van der Waals surface area (Å²) < 4.78 is 79.8. The summed E-state index contributed by atoms with van der Waals surface area (Å²) in [4.78, 5) is 122. The van der Waals surface area contributed by atoms with Crippen LogP contribution in [-0.4, -0.2) is 200 Å². The number of unbranched alkanes of at least 4 members (excludes halogenated alkanes) is 1. The average Bonchev–Trinajstić information content (AvgIpc) is 3.37. The van der Waals surface area contributed by atoms with Crippen LogP contribution in [0.1, 0.15) is 109 Å². The predicted molar refractivity (Wildman–Crippen MR) is 295 cm³/mol. The van der Waals surface area contributed by atoms with Crippen LogP contribution in [0, 0.1) is 10.8 Å². The first-order valence-corrected chi connectivity index (χ1v) is 29.6. The number of rotatable bonds is 46. The van der Waals surface area contributed by atoms with Crippen molar-refractivity contribution in [1.29, 1.82) is 0 Å². The van der Waals surface area contributed by atoms with Crippen molar-refractivity contribution in [2.75, 3.05) is 96.4 Å². The highest BCUT2D eigenvalue weighted by atomic mass is 32.2. The first-order valence-electron chi connectivity index (χ1n) is 26.3. The maximum absolute atomic E-state index is 12.6. The van der Waals surface area contributed by atoms with Gasteiger partial charge in [0.1, 0.15) is 31.3 Å². The third-order valence-electron chi connectivity index (χ3n) is 11.5. The second kappa shape index (κ2) is 38.2. The Morgan fingerprint density at radius 1 is 0.561 bits per heavy atom. The van der Waals surface area contributed by atoms with Crippen LogP contribution in [0.15, 0.2) is 24.3 Å². The molecule has 0 aliphatic carbocycles. The van der Waals surface area contributed by atoms with Gasteiger partial charge in [0.15, 0.2) is 0 Å². The van der Waals surface area contributed by atoms with Crippen molar-refractivity contribution >= 4 is 85.0 Å². The minimum absolute atomic E-state index is 0.00581. The number of anilines is 1. The largest absolute Gasteiger partial charge is 0.480 e. The number of carboxylic acid groups (broad SMARTS) is 2. The van der Waals surface area contributed by atoms with E-state index in [4.69, 9.17) is 24.7 Å². The van der Waals surface area contributed by atoms with Gasteiger partial charge in [0.2, 0.25) is 51.4 Å². The highest BCUT2D eigenvalue weighted by Crippen LogP contribution is 2.37. The van der Waals surface area contributed by atoms with Gasteiger partial charge in [-0.2, -0.15) is 8.42 Å². The summed E-state index contributed by atoms with van der Waals surface area (Å²) in [5, 5.41) is 36.9. The molecular weight excluding hydrogens is 1130 g/mol. The molecule has 0 spiro atoms. The summed E-state index contributed by atoms with van der Waals surface area (Å²) in [7, 11) is -6.59. The second-order valence-electron chi connectivity index (χ2n) is 20.5. The molecule has 1 aromatic rings. The third kappa shape index (κ3) is 36.7. The fourth-order valence-corrected chi connectivity index (χ4v) is 10.3. The molecule has 8 amide bonds. The second-order valence-corrected chi connectivity index (χ2v) is 23.8. The van der Waals surface area contributed by atoms with E-state index in [1.165, 1.54) is 0 Å². The molecule has 13 N–H and O–H groups in total. The Hall–Kier alpha value is -6.58. The van der Waals surface area contributed by atoms with Crippen molar-refractivity contribution in [3.05, 3.63) is 29.8 Å². The molecule has 0 bridgehead atoms. The van der Waals surface area contributed by atoms with Gasteiger partial charge in [-0.15, -0.1) is 0 Å². The van der Waals surface area contributed by atoms with Crippen LogP contribution in [0.5, 0.6) is 0 Å². The first-order chi connectivity index (χ1) is 38.3. The number of nitrogens with two attached hydrogens (primary N) is 1. The zero-order valence-corrected chi connectivity index (χ0v) is 48.7. The van der Waals surface area contributed by atoms with E-state index < -0.39 is 133 Å². The Kier molecular flexibility index (Phi) is 34.2. The fraction of sp³-hybridized carbons (Fsp3) is 0.680. The van der Waals surface area contributed by atoms with Crippen molar-refractivity contribution in [3.8, 4) is 0 Å². The molecule has 1 rings (SSSR count). The summed E-state index contributed by atoms with van der Waals surface area (Å²) in [6, 6.07) is 2.96. The van der Waals surface area contributed by atoms with Gasteiger partial charge in [0.25, 0.3) is 16.0 Å². The van der Waals surface area contributed by atoms with E-state index in [9.17, 15) is 79.5 Å². The van der Waals surface area contributed by atoms with E-state index in [1.54, 1.807) is 59.0 Å². The molecule has 30 nitrogen and oxygen atoms in total. The van der Waals surface area contributed by atoms with Crippen LogP contribution in [0.4, 0.5) is 5.69 Å². The molecular formula is C50H83N9O21S2. The molecule has 0 fully saturated rings. The molecule has 466 valence electrons. The number of hydrogen-bond acceptors (Lipinski definition) is 19. The number of primary amides is 1. The Bertz CT molecular complexity index is 2480. The summed E-state index contributed by atoms with van der Waals surface area (Å²) in [6.45, 7) is 5.91. The van der Waals surface area contributed by atoms with E-state index in [0.29, 0.717) is 24.9 Å². The summed E-state index contributed by atoms with van der Waals surface area (Å²) in [5.74, 6) is -9.08. The number of nitrogens with one attached hydrogen (secondary N) is 8. The van der Waals surface area contributed by atoms with Gasteiger partial charge < -0.3 is 72.1 Å². The number of carbonyl (C=O) groups excluding carboxylic acids is 8. The fourth-order valence-electron chi connectivity index (χ4n) is 8.15. The predicted octanol–water partition coefficient (Wildman–Crippen LogP) is -1.46. The van der Waals surface area contributed by atoms with E-state index in [0.717, 1.165) is 5.69 Å². The van der Waals surface area contributed by atoms with Crippen LogP contribution in [0.3, 0.4) is 0 Å². The number of aliphatic carboxylic acids is 2. The monoisotopic (exact) mass is 1210 g/mol. The Morgan fingerprint density at radius 3 is 1.55 bits per heavy atom. The van der Waals surface area contributed by atoms with Gasteiger partial charge in [-0.3, -0.25) is 47.6 Å². The highest BCUT2D eigenvalue weighted by Gasteiger charge is 2.34. The quantitative estimate of drug-likeness (QED) is 0.0262. The van der Waals surface area contributed by atoms with Crippen molar-refractivity contribution in [3.63, 3.8) is 0 Å². The van der Waals surface area contributed by atoms with Crippen molar-refractivity contribution < 1.29 is 98.5 Å². The van der Waals surface area contributed by atoms with Crippen molar-refractivity contribution in [1.82, 2.24) is 36.6 Å². The number of carbonyl (C=O) groups is 10. The lowest BCUT2D eigenvalue weighted by atomic mass is 9.74. The summed E-state index contributed by atoms with van der Waals surface area (Å²) >= 11 is 0. The SMILES string of the molecule is CNc1ccc(C(=O)NCCCCC(NC(=O)COCCOCCNC(=O)CCC(NC(=O)CCC(NC(=O)COCCOCCNC(=O)CCCS(=O)(=O)NC(=O)CC(C)(C)CC(C)(C)CS(=O)(=O)O)C(=O)O)C(=O)O)C(N)=O)cc1. The average molecular weight is 1210 g/mol. The minimum Gasteiger partial charge on any atom is -0.480 e. The molecule has 0 aromatic heterocycles. The number of hydrogen-bond donors (Lipinski definition) is 12. The van der Waals surface area contributed by atoms with Crippen molar-refractivity contribution in [2.45, 2.75) is 116 Å². The molecule has 0 saturated carbocycles. The minimum atomic E-state index is -4.27. The Balaban J connectivity index is 2.22. The summed E-state index contributed by atoms with van der Waals surface area (Å²) in [5.41, 5.74) is 5.10. The van der Waals surface area contributed by atoms with Gasteiger partial charge >= 0.3 is 11.9 Å². The molecule has 82 heavy (non-hydrogen) atoms. The number of amides is 8. The van der Waals surface area contributed by atoms with Gasteiger partial charge in [-0.05, 0) is 80.0 Å². The molecule has 3 unspecified atom stereocenters. The molecule has 32 heteroatoms. The third-order valence-corrected chi connectivity index (χ3v) is 14.0. The van der Waals surface area contributed by atoms with Gasteiger partial charge in [0, 0.05) is 63.6 Å². The van der Waals surface area contributed by atoms with Crippen molar-refractivity contribution in [2.24, 2.45) is 16.6 Å². The van der Waals surface area contributed by atoms with E-state index in [-0.39, 0.29) is 110 Å². The highest BCUT2D eigenvalue weighted by molar-refractivity contribution is 7.90. The molecule has 0 aliphatic rings. The zero-order valence-electron chi connectivity index (χ0n) is 47.1. The van der Waals surface area contributed by atoms with Crippen LogP contribution < -0.4 is 47.7 Å². The normalized spacial score (nSPS) is 12.9. The van der Waals surface area contributed by atoms with Gasteiger partial charge in [-0.25, -0.2) is 18.0 Å². The standard InChI is InChI=1S/C50H83N9O21S2/c1-49(2,32-50(3,4)33-82(74,75)76)29-42(63)59-81(72,73)28-8-10-39(60)53-20-22-77-25-27-80-31-44(65)58-38(48(70)71)16-18-41(62)57-37(47(68)69)15-17-40(61)54-21-23-78-24-26-79-30-43(64)56-36(45(51)66)9-6-7-19-55-46(67)34-11-13-35(52-5)14-12-34/h11-14,36-38,52H,6-10,15-33H2,1-5H3,(H2,51,66)(H,53,60)(H,54,61)(H,55,67)(H,56,64)(H,57,62)(H,58,65)(H,59,63)(H,68,69)(H,70,71)(H,74,75,76). The molecule has 1 aromatic carbocycles. The van der Waals surface area contributed by atoms with E-state index in [1.807, 2.05) is 4.72 Å². The van der Waals surface area contributed by atoms with Crippen LogP contribution >= 0.6 is 0 Å². The maximum atomic E-state index is 12.6. The number of benzene rings is 1. The lowest BCUT2D eigenvalue weighted by molar-refractivity contribution is -0.144. The Morgan fingerprint density at radius 2 is 1.05 bits per heavy atom. The Labute approximate surface area is 477 Å². The van der Waals surface area contributed by atoms with Crippen LogP contribution in [0.2, 0.25) is 0 Å². The van der Waals surface area contributed by atoms with Gasteiger partial charge in [-0.1, -0.05) is 27.7 Å². The lowest BCUT2D eigenvalue weighted by Gasteiger charge is -2.33. The topological polar surface area (TPSA) is 459 Å². The summed E-state index contributed by atoms with van der Waals surface area (Å²) in [6.07, 6.45) is -0.616. The van der Waals surface area contributed by atoms with Crippen LogP contribution in [0.25, 0.3) is 0 Å². The number of ether oxygens (including phenoxy) is 4. The molecule has 0 radical (unpaired) electrons. The number of sulfonamides is 1. The zero-order chi connectivity index (χ0) is 61.9. The van der Waals surface area contributed by atoms with Crippen LogP contribution in [-0.2, 0) is 82.2 Å². The van der Waals surface area contributed by atoms with E-state index >= 15 is 0 Å². The van der Waals surface area contributed by atoms with Gasteiger partial charge in [0.05, 0.1) is 51.1 Å². The smallest absolute Gasteiger partial charge is 0.326 e. The van der Waals surface area contributed by atoms with E-state index in [2.05, 4.69) is 37.2 Å². The molecule has 0 aliphatic heterocycles. The molecule has 0 heterocycles.